The number of halogens is 2. The van der Waals surface area contributed by atoms with Gasteiger partial charge in [-0.3, -0.25) is 0 Å². The number of hydrogen-bond acceptors (Lipinski definition) is 3. The molecule has 0 bridgehead atoms. The second kappa shape index (κ2) is 2.96. The van der Waals surface area contributed by atoms with E-state index in [4.69, 9.17) is 11.6 Å². The van der Waals surface area contributed by atoms with Crippen molar-refractivity contribution in [3.8, 4) is 0 Å². The fraction of sp³-hybridized carbons (Fsp3) is 0. The van der Waals surface area contributed by atoms with Crippen LogP contribution in [0.2, 0.25) is 5.15 Å². The molecule has 4 nitrogen and oxygen atoms in total. The maximum absolute atomic E-state index is 12.8. The van der Waals surface area contributed by atoms with Crippen LogP contribution in [0.3, 0.4) is 0 Å². The van der Waals surface area contributed by atoms with Crippen molar-refractivity contribution >= 4 is 21.6 Å². The molecular weight excluding hydrogens is 207 g/mol. The Kier molecular flexibility index (Phi) is 2.31. The van der Waals surface area contributed by atoms with E-state index < -0.39 is 25.9 Å². The highest BCUT2D eigenvalue weighted by Crippen LogP contribution is 2.19. The predicted molar refractivity (Wildman–Crippen MR) is 40.6 cm³/mol. The van der Waals surface area contributed by atoms with Crippen molar-refractivity contribution in [2.75, 3.05) is 0 Å². The predicted octanol–water partition coefficient (Wildman–Crippen LogP) is 0.522. The summed E-state index contributed by atoms with van der Waals surface area (Å²) in [5, 5.41) is 4.21. The fourth-order valence-corrected chi connectivity index (χ4v) is 1.75. The lowest BCUT2D eigenvalue weighted by molar-refractivity contribution is 0.566. The van der Waals surface area contributed by atoms with Crippen LogP contribution in [0.15, 0.2) is 17.2 Å². The Morgan fingerprint density at radius 1 is 1.58 bits per heavy atom. The van der Waals surface area contributed by atoms with Crippen LogP contribution < -0.4 is 5.14 Å². The largest absolute Gasteiger partial charge is 0.244 e. The normalized spacial score (nSPS) is 11.6. The Hall–Kier alpha value is -0.720. The molecule has 12 heavy (non-hydrogen) atoms. The van der Waals surface area contributed by atoms with Gasteiger partial charge in [-0.15, -0.1) is 0 Å². The van der Waals surface area contributed by atoms with E-state index >= 15 is 0 Å². The SMILES string of the molecule is NS(=O)(=O)c1c(F)ccnc1Cl. The number of nitrogens with two attached hydrogens (primary N) is 1. The van der Waals surface area contributed by atoms with E-state index in [9.17, 15) is 12.8 Å². The van der Waals surface area contributed by atoms with Gasteiger partial charge in [-0.05, 0) is 6.07 Å². The number of primary sulfonamides is 1. The number of rotatable bonds is 1. The first kappa shape index (κ1) is 9.37. The average Bonchev–Trinajstić information content (AvgIpc) is 1.82. The van der Waals surface area contributed by atoms with Crippen molar-refractivity contribution in [1.82, 2.24) is 4.98 Å². The highest BCUT2D eigenvalue weighted by molar-refractivity contribution is 7.89. The third kappa shape index (κ3) is 1.71. The van der Waals surface area contributed by atoms with E-state index in [1.165, 1.54) is 0 Å². The molecule has 0 spiro atoms. The van der Waals surface area contributed by atoms with Gasteiger partial charge < -0.3 is 0 Å². The van der Waals surface area contributed by atoms with Crippen molar-refractivity contribution in [3.63, 3.8) is 0 Å². The summed E-state index contributed by atoms with van der Waals surface area (Å²) in [4.78, 5) is 2.60. The second-order valence-corrected chi connectivity index (χ2v) is 3.81. The summed E-state index contributed by atoms with van der Waals surface area (Å²) in [7, 11) is -4.13. The Balaban J connectivity index is 3.53. The van der Waals surface area contributed by atoms with E-state index in [2.05, 4.69) is 10.1 Å². The average molecular weight is 211 g/mol. The molecule has 0 radical (unpaired) electrons. The number of hydrogen-bond donors (Lipinski definition) is 1. The topological polar surface area (TPSA) is 73.1 Å². The Morgan fingerprint density at radius 3 is 2.50 bits per heavy atom. The van der Waals surface area contributed by atoms with Crippen molar-refractivity contribution in [2.24, 2.45) is 5.14 Å². The Bertz CT molecular complexity index is 386. The number of aromatic nitrogens is 1. The third-order valence-corrected chi connectivity index (χ3v) is 2.45. The van der Waals surface area contributed by atoms with E-state index in [0.717, 1.165) is 12.3 Å². The molecule has 0 aliphatic heterocycles. The van der Waals surface area contributed by atoms with Gasteiger partial charge in [0.15, 0.2) is 10.0 Å². The lowest BCUT2D eigenvalue weighted by atomic mass is 10.5. The lowest BCUT2D eigenvalue weighted by Gasteiger charge is -2.00. The van der Waals surface area contributed by atoms with Gasteiger partial charge in [0.2, 0.25) is 10.0 Å². The number of nitrogens with zero attached hydrogens (tertiary/aromatic N) is 1. The first-order chi connectivity index (χ1) is 5.43. The fourth-order valence-electron chi connectivity index (χ4n) is 0.654. The molecule has 0 amide bonds. The highest BCUT2D eigenvalue weighted by atomic mass is 35.5. The molecule has 0 atom stereocenters. The molecule has 0 fully saturated rings. The summed E-state index contributed by atoms with van der Waals surface area (Å²) in [5.74, 6) is -1.00. The molecule has 0 saturated heterocycles. The zero-order chi connectivity index (χ0) is 9.35. The maximum Gasteiger partial charge on any atom is 0.244 e. The molecule has 66 valence electrons. The van der Waals surface area contributed by atoms with Crippen LogP contribution in [-0.4, -0.2) is 13.4 Å². The van der Waals surface area contributed by atoms with Crippen LogP contribution in [0, 0.1) is 5.82 Å². The zero-order valence-electron chi connectivity index (χ0n) is 5.66. The van der Waals surface area contributed by atoms with Crippen LogP contribution >= 0.6 is 11.6 Å². The van der Waals surface area contributed by atoms with Crippen molar-refractivity contribution in [3.05, 3.63) is 23.2 Å². The van der Waals surface area contributed by atoms with Crippen LogP contribution in [0.25, 0.3) is 0 Å². The van der Waals surface area contributed by atoms with Crippen molar-refractivity contribution < 1.29 is 12.8 Å². The summed E-state index contributed by atoms with van der Waals surface area (Å²) in [6.07, 6.45) is 1.05. The minimum atomic E-state index is -4.13. The van der Waals surface area contributed by atoms with Crippen LogP contribution in [0.5, 0.6) is 0 Å². The molecule has 1 heterocycles. The molecule has 0 aromatic carbocycles. The van der Waals surface area contributed by atoms with Gasteiger partial charge in [-0.1, -0.05) is 11.6 Å². The van der Waals surface area contributed by atoms with Gasteiger partial charge in [0, 0.05) is 6.20 Å². The molecule has 1 aromatic heterocycles. The summed E-state index contributed by atoms with van der Waals surface area (Å²) in [6, 6.07) is 0.867. The van der Waals surface area contributed by atoms with E-state index in [-0.39, 0.29) is 0 Å². The van der Waals surface area contributed by atoms with Crippen LogP contribution in [0.1, 0.15) is 0 Å². The molecule has 0 aliphatic carbocycles. The molecule has 0 unspecified atom stereocenters. The summed E-state index contributed by atoms with van der Waals surface area (Å²) in [6.45, 7) is 0. The van der Waals surface area contributed by atoms with Gasteiger partial charge in [0.05, 0.1) is 0 Å². The minimum Gasteiger partial charge on any atom is -0.243 e. The van der Waals surface area contributed by atoms with Gasteiger partial charge in [0.25, 0.3) is 0 Å². The quantitative estimate of drug-likeness (QED) is 0.687. The second-order valence-electron chi connectivity index (χ2n) is 1.96. The van der Waals surface area contributed by atoms with Gasteiger partial charge >= 0.3 is 0 Å². The Morgan fingerprint density at radius 2 is 2.17 bits per heavy atom. The third-order valence-electron chi connectivity index (χ3n) is 1.10. The zero-order valence-corrected chi connectivity index (χ0v) is 7.23. The van der Waals surface area contributed by atoms with Crippen LogP contribution in [0.4, 0.5) is 4.39 Å². The first-order valence-corrected chi connectivity index (χ1v) is 4.68. The first-order valence-electron chi connectivity index (χ1n) is 2.75. The molecule has 1 aromatic rings. The van der Waals surface area contributed by atoms with Gasteiger partial charge in [0.1, 0.15) is 5.82 Å². The van der Waals surface area contributed by atoms with E-state index in [1.807, 2.05) is 0 Å². The number of sulfonamides is 1. The van der Waals surface area contributed by atoms with Crippen molar-refractivity contribution in [2.45, 2.75) is 4.90 Å². The standard InChI is InChI=1S/C5H4ClFN2O2S/c6-5-4(12(8,10)11)3(7)1-2-9-5/h1-2H,(H2,8,10,11). The maximum atomic E-state index is 12.8. The molecule has 0 aliphatic rings. The van der Waals surface area contributed by atoms with Gasteiger partial charge in [-0.2, -0.15) is 0 Å². The molecule has 2 N–H and O–H groups in total. The summed E-state index contributed by atoms with van der Waals surface area (Å²) >= 11 is 5.30. The molecule has 1 rings (SSSR count). The molecular formula is C5H4ClFN2O2S. The molecule has 7 heteroatoms. The van der Waals surface area contributed by atoms with E-state index in [1.54, 1.807) is 0 Å². The lowest BCUT2D eigenvalue weighted by Crippen LogP contribution is -2.15. The highest BCUT2D eigenvalue weighted by Gasteiger charge is 2.18. The number of pyridine rings is 1. The van der Waals surface area contributed by atoms with Crippen molar-refractivity contribution in [1.29, 1.82) is 0 Å². The smallest absolute Gasteiger partial charge is 0.243 e. The minimum absolute atomic E-state index is 0.461. The van der Waals surface area contributed by atoms with E-state index in [0.29, 0.717) is 0 Å². The monoisotopic (exact) mass is 210 g/mol. The van der Waals surface area contributed by atoms with Crippen LogP contribution in [-0.2, 0) is 10.0 Å². The summed E-state index contributed by atoms with van der Waals surface area (Å²) in [5.41, 5.74) is 0. The Labute approximate surface area is 73.2 Å². The summed E-state index contributed by atoms with van der Waals surface area (Å²) < 4.78 is 34.1. The molecule has 0 saturated carbocycles. The van der Waals surface area contributed by atoms with Gasteiger partial charge in [-0.25, -0.2) is 22.9 Å².